The van der Waals surface area contributed by atoms with E-state index in [2.05, 4.69) is 20.0 Å². The van der Waals surface area contributed by atoms with Crippen molar-refractivity contribution < 1.29 is 18.3 Å². The number of nitrogens with zero attached hydrogens (tertiary/aromatic N) is 2. The van der Waals surface area contributed by atoms with Crippen LogP contribution in [-0.2, 0) is 9.53 Å². The summed E-state index contributed by atoms with van der Waals surface area (Å²) in [6.45, 7) is 0.486. The second-order valence-electron chi connectivity index (χ2n) is 7.06. The Morgan fingerprint density at radius 2 is 2.22 bits per heavy atom. The van der Waals surface area contributed by atoms with Gasteiger partial charge in [-0.3, -0.25) is 9.78 Å². The Morgan fingerprint density at radius 1 is 1.44 bits per heavy atom. The monoisotopic (exact) mass is 394 g/mol. The minimum atomic E-state index is -3.20. The number of halogens is 3. The lowest BCUT2D eigenvalue weighted by Crippen LogP contribution is -2.55. The Balaban J connectivity index is 1.55. The van der Waals surface area contributed by atoms with E-state index in [1.165, 1.54) is 13.1 Å². The van der Waals surface area contributed by atoms with Gasteiger partial charge in [0.25, 0.3) is 6.02 Å². The van der Waals surface area contributed by atoms with Gasteiger partial charge >= 0.3 is 5.92 Å². The number of anilines is 1. The molecule has 142 valence electrons. The number of alkyl halides is 2. The SMILES string of the molecule is C[C@]1([C@@H]2C[C@@H]2C(=O)Nc2cccc3cc(Cl)cnc23)N=C(N)OCC1(F)F. The fourth-order valence-corrected chi connectivity index (χ4v) is 3.74. The van der Waals surface area contributed by atoms with Crippen LogP contribution in [0.1, 0.15) is 13.3 Å². The topological polar surface area (TPSA) is 89.6 Å². The summed E-state index contributed by atoms with van der Waals surface area (Å²) in [5, 5.41) is 4.05. The van der Waals surface area contributed by atoms with E-state index in [0.29, 0.717) is 22.6 Å². The van der Waals surface area contributed by atoms with Crippen LogP contribution in [0.5, 0.6) is 0 Å². The molecular formula is C18H17ClF2N4O2. The predicted octanol–water partition coefficient (Wildman–Crippen LogP) is 3.20. The van der Waals surface area contributed by atoms with Crippen LogP contribution in [0.2, 0.25) is 5.02 Å². The number of pyridine rings is 1. The van der Waals surface area contributed by atoms with E-state index in [1.807, 2.05) is 6.07 Å². The number of carbonyl (C=O) groups excluding carboxylic acids is 1. The van der Waals surface area contributed by atoms with Crippen molar-refractivity contribution in [2.24, 2.45) is 22.6 Å². The number of nitrogens with two attached hydrogens (primary N) is 1. The molecule has 9 heteroatoms. The lowest BCUT2D eigenvalue weighted by molar-refractivity contribution is -0.127. The number of hydrogen-bond donors (Lipinski definition) is 2. The third-order valence-corrected chi connectivity index (χ3v) is 5.48. The highest BCUT2D eigenvalue weighted by Gasteiger charge is 2.66. The minimum Gasteiger partial charge on any atom is -0.459 e. The summed E-state index contributed by atoms with van der Waals surface area (Å²) >= 11 is 5.94. The maximum Gasteiger partial charge on any atom is 0.306 e. The normalized spacial score (nSPS) is 29.0. The standard InChI is InChI=1S/C18H17ClF2N4O2/c1-17(18(20,21)8-27-16(22)25-17)12-6-11(12)15(26)24-13-4-2-3-9-5-10(19)7-23-14(9)13/h2-5,7,11-12H,6,8H2,1H3,(H2,22,25)(H,24,26)/t11-,12+,17+/m0/s1. The van der Waals surface area contributed by atoms with Crippen molar-refractivity contribution in [2.45, 2.75) is 24.8 Å². The predicted molar refractivity (Wildman–Crippen MR) is 97.9 cm³/mol. The zero-order chi connectivity index (χ0) is 19.4. The highest BCUT2D eigenvalue weighted by molar-refractivity contribution is 6.31. The number of aromatic nitrogens is 1. The van der Waals surface area contributed by atoms with E-state index in [-0.39, 0.29) is 11.9 Å². The Morgan fingerprint density at radius 3 is 3.00 bits per heavy atom. The van der Waals surface area contributed by atoms with Crippen molar-refractivity contribution in [2.75, 3.05) is 11.9 Å². The molecule has 2 aliphatic rings. The lowest BCUT2D eigenvalue weighted by atomic mass is 9.87. The summed E-state index contributed by atoms with van der Waals surface area (Å²) in [6.07, 6.45) is 1.79. The van der Waals surface area contributed by atoms with Gasteiger partial charge < -0.3 is 15.8 Å². The summed E-state index contributed by atoms with van der Waals surface area (Å²) in [5.74, 6) is -4.75. The third kappa shape index (κ3) is 2.97. The number of rotatable bonds is 3. The lowest BCUT2D eigenvalue weighted by Gasteiger charge is -2.37. The first kappa shape index (κ1) is 17.9. The van der Waals surface area contributed by atoms with Crippen molar-refractivity contribution in [3.63, 3.8) is 0 Å². The maximum absolute atomic E-state index is 14.4. The van der Waals surface area contributed by atoms with Gasteiger partial charge in [-0.2, -0.15) is 0 Å². The molecule has 2 aromatic rings. The number of carbonyl (C=O) groups is 1. The van der Waals surface area contributed by atoms with E-state index in [0.717, 1.165) is 5.39 Å². The zero-order valence-corrected chi connectivity index (χ0v) is 15.1. The van der Waals surface area contributed by atoms with Crippen molar-refractivity contribution in [1.82, 2.24) is 4.98 Å². The Kier molecular flexibility index (Phi) is 3.99. The van der Waals surface area contributed by atoms with E-state index in [4.69, 9.17) is 17.3 Å². The molecule has 3 atom stereocenters. The summed E-state index contributed by atoms with van der Waals surface area (Å²) in [4.78, 5) is 20.7. The Labute approximate surface area is 158 Å². The van der Waals surface area contributed by atoms with Gasteiger partial charge in [-0.15, -0.1) is 0 Å². The van der Waals surface area contributed by atoms with E-state index in [1.54, 1.807) is 18.2 Å². The molecule has 2 heterocycles. The van der Waals surface area contributed by atoms with E-state index < -0.39 is 29.9 Å². The second-order valence-corrected chi connectivity index (χ2v) is 7.50. The first-order chi connectivity index (χ1) is 12.7. The number of ether oxygens (including phenoxy) is 1. The molecule has 1 aromatic carbocycles. The first-order valence-corrected chi connectivity index (χ1v) is 8.80. The fraction of sp³-hybridized carbons (Fsp3) is 0.389. The summed E-state index contributed by atoms with van der Waals surface area (Å²) in [6, 6.07) is 6.76. The van der Waals surface area contributed by atoms with Crippen LogP contribution in [0, 0.1) is 11.8 Å². The van der Waals surface area contributed by atoms with Gasteiger partial charge in [0, 0.05) is 23.4 Å². The van der Waals surface area contributed by atoms with Gasteiger partial charge in [0.05, 0.1) is 16.2 Å². The van der Waals surface area contributed by atoms with E-state index >= 15 is 0 Å². The second kappa shape index (κ2) is 6.02. The van der Waals surface area contributed by atoms with Crippen LogP contribution in [0.15, 0.2) is 35.5 Å². The quantitative estimate of drug-likeness (QED) is 0.836. The molecule has 0 radical (unpaired) electrons. The van der Waals surface area contributed by atoms with Gasteiger partial charge in [-0.25, -0.2) is 13.8 Å². The molecule has 1 amide bonds. The molecule has 0 unspecified atom stereocenters. The highest BCUT2D eigenvalue weighted by Crippen LogP contribution is 2.55. The average Bonchev–Trinajstić information content (AvgIpc) is 3.40. The first-order valence-electron chi connectivity index (χ1n) is 8.42. The fourth-order valence-electron chi connectivity index (χ4n) is 3.57. The summed E-state index contributed by atoms with van der Waals surface area (Å²) < 4.78 is 33.4. The van der Waals surface area contributed by atoms with Crippen molar-refractivity contribution in [3.05, 3.63) is 35.5 Å². The molecule has 1 fully saturated rings. The Hall–Kier alpha value is -2.48. The average molecular weight is 395 g/mol. The number of amides is 1. The van der Waals surface area contributed by atoms with Crippen LogP contribution in [-0.4, -0.2) is 35.0 Å². The van der Waals surface area contributed by atoms with E-state index in [9.17, 15) is 13.6 Å². The van der Waals surface area contributed by atoms with Gasteiger partial charge in [0.2, 0.25) is 5.91 Å². The number of amidine groups is 1. The number of fused-ring (bicyclic) bond motifs is 1. The number of nitrogens with one attached hydrogen (secondary N) is 1. The molecule has 27 heavy (non-hydrogen) atoms. The maximum atomic E-state index is 14.4. The molecular weight excluding hydrogens is 378 g/mol. The molecule has 0 bridgehead atoms. The molecule has 0 spiro atoms. The van der Waals surface area contributed by atoms with Gasteiger partial charge in [0.15, 0.2) is 6.61 Å². The zero-order valence-electron chi connectivity index (χ0n) is 14.4. The van der Waals surface area contributed by atoms with Crippen molar-refractivity contribution in [3.8, 4) is 0 Å². The molecule has 1 aromatic heterocycles. The number of benzene rings is 1. The van der Waals surface area contributed by atoms with Crippen LogP contribution < -0.4 is 11.1 Å². The molecule has 4 rings (SSSR count). The molecule has 3 N–H and O–H groups in total. The number of para-hydroxylation sites is 1. The van der Waals surface area contributed by atoms with Gasteiger partial charge in [0.1, 0.15) is 5.54 Å². The largest absolute Gasteiger partial charge is 0.459 e. The number of aliphatic imine (C=N–C) groups is 1. The number of hydrogen-bond acceptors (Lipinski definition) is 5. The molecule has 1 aliphatic heterocycles. The van der Waals surface area contributed by atoms with Crippen molar-refractivity contribution in [1.29, 1.82) is 0 Å². The molecule has 6 nitrogen and oxygen atoms in total. The Bertz CT molecular complexity index is 968. The van der Waals surface area contributed by atoms with Gasteiger partial charge in [-0.1, -0.05) is 23.7 Å². The summed E-state index contributed by atoms with van der Waals surface area (Å²) in [5.41, 5.74) is 4.82. The van der Waals surface area contributed by atoms with Crippen LogP contribution >= 0.6 is 11.6 Å². The molecule has 1 saturated carbocycles. The summed E-state index contributed by atoms with van der Waals surface area (Å²) in [7, 11) is 0. The molecule has 0 saturated heterocycles. The third-order valence-electron chi connectivity index (χ3n) is 5.27. The minimum absolute atomic E-state index is 0.274. The van der Waals surface area contributed by atoms with Crippen LogP contribution in [0.25, 0.3) is 10.9 Å². The smallest absolute Gasteiger partial charge is 0.306 e. The van der Waals surface area contributed by atoms with Crippen molar-refractivity contribution >= 4 is 40.1 Å². The van der Waals surface area contributed by atoms with Crippen LogP contribution in [0.3, 0.4) is 0 Å². The van der Waals surface area contributed by atoms with Crippen LogP contribution in [0.4, 0.5) is 14.5 Å². The van der Waals surface area contributed by atoms with Gasteiger partial charge in [-0.05, 0) is 25.5 Å². The molecule has 1 aliphatic carbocycles. The highest BCUT2D eigenvalue weighted by atomic mass is 35.5.